The van der Waals surface area contributed by atoms with Gasteiger partial charge in [0.25, 0.3) is 0 Å². The lowest BCUT2D eigenvalue weighted by atomic mass is 10.7. The molecule has 0 aromatic heterocycles. The van der Waals surface area contributed by atoms with Crippen molar-refractivity contribution in [2.24, 2.45) is 0 Å². The molecule has 0 saturated carbocycles. The van der Waals surface area contributed by atoms with Gasteiger partial charge in [0.15, 0.2) is 0 Å². The van der Waals surface area contributed by atoms with E-state index < -0.39 is 7.26 Å². The summed E-state index contributed by atoms with van der Waals surface area (Å²) in [5.74, 6) is 0. The van der Waals surface area contributed by atoms with Crippen molar-refractivity contribution < 1.29 is 0 Å². The van der Waals surface area contributed by atoms with Gasteiger partial charge in [-0.05, 0) is 27.7 Å². The van der Waals surface area contributed by atoms with Gasteiger partial charge in [0.05, 0.1) is 21.3 Å². The number of hydrogen-bond donors (Lipinski definition) is 0. The van der Waals surface area contributed by atoms with Crippen molar-refractivity contribution in [1.29, 1.82) is 0 Å². The second kappa shape index (κ2) is 4.07. The highest BCUT2D eigenvalue weighted by Gasteiger charge is 2.43. The Morgan fingerprint density at radius 2 is 0.769 bits per heavy atom. The fourth-order valence-corrected chi connectivity index (χ4v) is 5.86. The van der Waals surface area contributed by atoms with Crippen LogP contribution in [0.1, 0.15) is 27.7 Å². The van der Waals surface area contributed by atoms with Crippen LogP contribution in [0.5, 0.6) is 0 Å². The van der Waals surface area contributed by atoms with Crippen LogP contribution in [0, 0.1) is 0 Å². The van der Waals surface area contributed by atoms with E-state index in [0.29, 0.717) is 0 Å². The van der Waals surface area contributed by atoms with Gasteiger partial charge in [0.2, 0.25) is 0 Å². The normalized spacial score (nSPS) is 10.8. The lowest BCUT2D eigenvalue weighted by molar-refractivity contribution is 1.51. The zero-order valence-electron chi connectivity index (χ0n) is 9.28. The Labute approximate surface area is 83.1 Å². The first-order valence-corrected chi connectivity index (χ1v) is 6.10. The average molecular weight is 195 g/mol. The third-order valence-electron chi connectivity index (χ3n) is 2.29. The topological polar surface area (TPSA) is 0 Å². The summed E-state index contributed by atoms with van der Waals surface area (Å²) >= 11 is 0. The molecule has 72 valence electrons. The van der Waals surface area contributed by atoms with Crippen LogP contribution in [0.4, 0.5) is 0 Å². The summed E-state index contributed by atoms with van der Waals surface area (Å²) in [6, 6.07) is 0. The minimum Gasteiger partial charge on any atom is -0.0598 e. The van der Waals surface area contributed by atoms with Gasteiger partial charge in [-0.15, -0.1) is 0 Å². The third-order valence-corrected chi connectivity index (χ3v) is 6.87. The van der Waals surface area contributed by atoms with Crippen LogP contribution < -0.4 is 0 Å². The molecule has 0 nitrogen and oxygen atoms in total. The zero-order valence-corrected chi connectivity index (χ0v) is 10.2. The van der Waals surface area contributed by atoms with Crippen LogP contribution in [0.15, 0.2) is 47.6 Å². The Bertz CT molecular complexity index is 220. The van der Waals surface area contributed by atoms with Crippen molar-refractivity contribution >= 4 is 7.26 Å². The summed E-state index contributed by atoms with van der Waals surface area (Å²) in [5.41, 5.74) is 0. The molecule has 0 aliphatic carbocycles. The van der Waals surface area contributed by atoms with Gasteiger partial charge in [0, 0.05) is 0 Å². The molecule has 0 aliphatic rings. The van der Waals surface area contributed by atoms with Crippen LogP contribution in [0.25, 0.3) is 0 Å². The predicted molar refractivity (Wildman–Crippen MR) is 66.2 cm³/mol. The molecule has 1 heteroatoms. The van der Waals surface area contributed by atoms with Gasteiger partial charge in [-0.2, -0.15) is 0 Å². The summed E-state index contributed by atoms with van der Waals surface area (Å²) in [5, 5.41) is 4.61. The molecule has 0 aromatic carbocycles. The highest BCUT2D eigenvalue weighted by Crippen LogP contribution is 2.80. The monoisotopic (exact) mass is 195 g/mol. The minimum atomic E-state index is -1.56. The van der Waals surface area contributed by atoms with E-state index in [0.717, 1.165) is 21.3 Å². The van der Waals surface area contributed by atoms with Crippen LogP contribution >= 0.6 is 7.26 Å². The summed E-state index contributed by atoms with van der Waals surface area (Å²) in [4.78, 5) is 0. The quantitative estimate of drug-likeness (QED) is 0.545. The summed E-state index contributed by atoms with van der Waals surface area (Å²) in [7, 11) is -1.56. The second-order valence-electron chi connectivity index (χ2n) is 3.61. The fraction of sp³-hybridized carbons (Fsp3) is 0.333. The van der Waals surface area contributed by atoms with Gasteiger partial charge in [0.1, 0.15) is 7.26 Å². The molecule has 13 heavy (non-hydrogen) atoms. The molecule has 0 unspecified atom stereocenters. The average Bonchev–Trinajstić information content (AvgIpc) is 1.82. The van der Waals surface area contributed by atoms with E-state index in [-0.39, 0.29) is 0 Å². The Kier molecular flexibility index (Phi) is 3.88. The molecular weight excluding hydrogens is 175 g/mol. The number of hydrogen-bond acceptors (Lipinski definition) is 0. The first kappa shape index (κ1) is 12.4. The SMILES string of the molecule is C=C(C)[P+](C(=C)C)(C(=C)C)C(=C)C. The lowest BCUT2D eigenvalue weighted by Crippen LogP contribution is -1.97. The molecule has 0 saturated heterocycles. The maximum absolute atomic E-state index is 4.06. The molecule has 0 atom stereocenters. The van der Waals surface area contributed by atoms with E-state index in [1.807, 2.05) is 27.7 Å². The van der Waals surface area contributed by atoms with E-state index in [1.54, 1.807) is 0 Å². The van der Waals surface area contributed by atoms with Crippen LogP contribution in [-0.2, 0) is 0 Å². The van der Waals surface area contributed by atoms with Crippen LogP contribution in [0.2, 0.25) is 0 Å². The molecule has 0 fully saturated rings. The molecule has 0 rings (SSSR count). The number of rotatable bonds is 4. The van der Waals surface area contributed by atoms with Gasteiger partial charge in [-0.25, -0.2) is 0 Å². The van der Waals surface area contributed by atoms with E-state index in [9.17, 15) is 0 Å². The molecular formula is C12H20P+. The van der Waals surface area contributed by atoms with E-state index in [1.165, 1.54) is 0 Å². The molecule has 0 radical (unpaired) electrons. The second-order valence-corrected chi connectivity index (χ2v) is 8.01. The van der Waals surface area contributed by atoms with Crippen molar-refractivity contribution in [2.75, 3.05) is 0 Å². The molecule has 0 heterocycles. The highest BCUT2D eigenvalue weighted by molar-refractivity contribution is 7.90. The van der Waals surface area contributed by atoms with Crippen molar-refractivity contribution in [3.63, 3.8) is 0 Å². The standard InChI is InChI=1S/C12H20P/c1-9(2)13(10(3)4,11(5)6)12(7)8/h1,3,5,7H2,2,4,6,8H3/q+1. The summed E-state index contributed by atoms with van der Waals surface area (Å²) in [6.07, 6.45) is 0. The molecule has 0 amide bonds. The summed E-state index contributed by atoms with van der Waals surface area (Å²) in [6.45, 7) is 24.4. The van der Waals surface area contributed by atoms with Crippen molar-refractivity contribution in [2.45, 2.75) is 27.7 Å². The van der Waals surface area contributed by atoms with Crippen LogP contribution in [-0.4, -0.2) is 0 Å². The molecule has 0 aromatic rings. The summed E-state index contributed by atoms with van der Waals surface area (Å²) < 4.78 is 0. The predicted octanol–water partition coefficient (Wildman–Crippen LogP) is 5.14. The fourth-order valence-electron chi connectivity index (χ4n) is 1.95. The smallest absolute Gasteiger partial charge is 0.0598 e. The molecule has 0 aliphatic heterocycles. The van der Waals surface area contributed by atoms with Crippen molar-refractivity contribution in [3.05, 3.63) is 47.6 Å². The molecule has 0 bridgehead atoms. The third kappa shape index (κ3) is 1.84. The Balaban J connectivity index is 5.60. The maximum Gasteiger partial charge on any atom is 0.123 e. The van der Waals surface area contributed by atoms with E-state index in [2.05, 4.69) is 26.3 Å². The Morgan fingerprint density at radius 3 is 0.769 bits per heavy atom. The highest BCUT2D eigenvalue weighted by atomic mass is 31.2. The Hall–Kier alpha value is -0.610. The van der Waals surface area contributed by atoms with Gasteiger partial charge in [-0.3, -0.25) is 0 Å². The first-order chi connectivity index (χ1) is 5.77. The van der Waals surface area contributed by atoms with Crippen molar-refractivity contribution in [1.82, 2.24) is 0 Å². The minimum absolute atomic E-state index is 1.15. The van der Waals surface area contributed by atoms with Gasteiger partial charge in [-0.1, -0.05) is 26.3 Å². The van der Waals surface area contributed by atoms with E-state index >= 15 is 0 Å². The van der Waals surface area contributed by atoms with E-state index in [4.69, 9.17) is 0 Å². The molecule has 0 N–H and O–H groups in total. The Morgan fingerprint density at radius 1 is 0.615 bits per heavy atom. The number of allylic oxidation sites excluding steroid dienone is 4. The molecule has 0 spiro atoms. The lowest BCUT2D eigenvalue weighted by Gasteiger charge is -2.27. The van der Waals surface area contributed by atoms with Gasteiger partial charge >= 0.3 is 0 Å². The first-order valence-electron chi connectivity index (χ1n) is 4.31. The van der Waals surface area contributed by atoms with Crippen LogP contribution in [0.3, 0.4) is 0 Å². The van der Waals surface area contributed by atoms with Gasteiger partial charge < -0.3 is 0 Å². The largest absolute Gasteiger partial charge is 0.123 e. The van der Waals surface area contributed by atoms with Crippen molar-refractivity contribution in [3.8, 4) is 0 Å². The zero-order chi connectivity index (χ0) is 10.8. The maximum atomic E-state index is 4.06.